The van der Waals surface area contributed by atoms with Crippen molar-refractivity contribution >= 4 is 35.6 Å². The molecule has 0 aromatic heterocycles. The maximum Gasteiger partial charge on any atom is 0.191 e. The number of hydrogen-bond acceptors (Lipinski definition) is 4. The van der Waals surface area contributed by atoms with Gasteiger partial charge < -0.3 is 25.4 Å². The molecule has 0 saturated heterocycles. The van der Waals surface area contributed by atoms with E-state index in [9.17, 15) is 0 Å². The molecule has 0 fully saturated rings. The predicted molar refractivity (Wildman–Crippen MR) is 132 cm³/mol. The van der Waals surface area contributed by atoms with Crippen molar-refractivity contribution < 1.29 is 9.47 Å². The van der Waals surface area contributed by atoms with Crippen LogP contribution in [0.2, 0.25) is 0 Å². The van der Waals surface area contributed by atoms with E-state index >= 15 is 0 Å². The fourth-order valence-electron chi connectivity index (χ4n) is 2.63. The van der Waals surface area contributed by atoms with Gasteiger partial charge in [-0.25, -0.2) is 0 Å². The Labute approximate surface area is 191 Å². The fraction of sp³-hybridized carbons (Fsp3) is 0.409. The molecule has 0 amide bonds. The lowest BCUT2D eigenvalue weighted by molar-refractivity contribution is 0.211. The first-order valence-electron chi connectivity index (χ1n) is 9.61. The molecule has 0 bridgehead atoms. The Morgan fingerprint density at radius 2 is 1.79 bits per heavy atom. The van der Waals surface area contributed by atoms with Gasteiger partial charge in [0, 0.05) is 32.9 Å². The summed E-state index contributed by atoms with van der Waals surface area (Å²) >= 11 is 0. The second kappa shape index (κ2) is 14.1. The standard InChI is InChI=1S/C22H32N4O2.HI/c1-17-7-5-6-8-21(17)28-18(2)15-25-22(23-3)26-16-19-9-11-20(12-10-19)24-13-14-27-4;/h5-12,18,24H,13-16H2,1-4H3,(H2,23,25,26);1H. The summed E-state index contributed by atoms with van der Waals surface area (Å²) in [4.78, 5) is 4.28. The van der Waals surface area contributed by atoms with E-state index in [-0.39, 0.29) is 30.1 Å². The molecule has 160 valence electrons. The van der Waals surface area contributed by atoms with E-state index in [4.69, 9.17) is 9.47 Å². The number of guanidine groups is 1. The highest BCUT2D eigenvalue weighted by Crippen LogP contribution is 2.17. The van der Waals surface area contributed by atoms with Crippen molar-refractivity contribution in [3.8, 4) is 5.75 Å². The molecule has 0 aliphatic heterocycles. The van der Waals surface area contributed by atoms with Gasteiger partial charge in [-0.2, -0.15) is 0 Å². The SMILES string of the molecule is CN=C(NCc1ccc(NCCOC)cc1)NCC(C)Oc1ccccc1C.I. The molecule has 1 unspecified atom stereocenters. The van der Waals surface area contributed by atoms with Crippen LogP contribution in [0.15, 0.2) is 53.5 Å². The van der Waals surface area contributed by atoms with Crippen LogP contribution in [-0.2, 0) is 11.3 Å². The average Bonchev–Trinajstić information content (AvgIpc) is 2.71. The molecule has 3 N–H and O–H groups in total. The predicted octanol–water partition coefficient (Wildman–Crippen LogP) is 3.80. The van der Waals surface area contributed by atoms with E-state index in [1.54, 1.807) is 14.2 Å². The largest absolute Gasteiger partial charge is 0.489 e. The van der Waals surface area contributed by atoms with Gasteiger partial charge in [0.1, 0.15) is 11.9 Å². The zero-order valence-electron chi connectivity index (χ0n) is 17.7. The van der Waals surface area contributed by atoms with E-state index in [2.05, 4.69) is 45.2 Å². The third-order valence-corrected chi connectivity index (χ3v) is 4.25. The highest BCUT2D eigenvalue weighted by atomic mass is 127. The zero-order valence-corrected chi connectivity index (χ0v) is 20.0. The molecule has 29 heavy (non-hydrogen) atoms. The quantitative estimate of drug-likeness (QED) is 0.196. The van der Waals surface area contributed by atoms with Gasteiger partial charge in [0.05, 0.1) is 13.2 Å². The van der Waals surface area contributed by atoms with Crippen LogP contribution in [0.1, 0.15) is 18.1 Å². The van der Waals surface area contributed by atoms with Gasteiger partial charge in [0.15, 0.2) is 5.96 Å². The van der Waals surface area contributed by atoms with Crippen LogP contribution < -0.4 is 20.7 Å². The Bertz CT molecular complexity index is 738. The summed E-state index contributed by atoms with van der Waals surface area (Å²) in [6.45, 7) is 6.95. The average molecular weight is 512 g/mol. The number of nitrogens with one attached hydrogen (secondary N) is 3. The van der Waals surface area contributed by atoms with Crippen molar-refractivity contribution in [2.45, 2.75) is 26.5 Å². The molecule has 0 saturated carbocycles. The highest BCUT2D eigenvalue weighted by Gasteiger charge is 2.07. The topological polar surface area (TPSA) is 66.9 Å². The van der Waals surface area contributed by atoms with Crippen molar-refractivity contribution in [2.24, 2.45) is 4.99 Å². The third-order valence-electron chi connectivity index (χ3n) is 4.25. The molecule has 6 nitrogen and oxygen atoms in total. The van der Waals surface area contributed by atoms with Crippen molar-refractivity contribution in [3.05, 3.63) is 59.7 Å². The molecule has 2 aromatic rings. The van der Waals surface area contributed by atoms with E-state index in [1.165, 1.54) is 5.56 Å². The summed E-state index contributed by atoms with van der Waals surface area (Å²) in [7, 11) is 3.47. The second-order valence-corrected chi connectivity index (χ2v) is 6.62. The number of aliphatic imine (C=N–C) groups is 1. The lowest BCUT2D eigenvalue weighted by atomic mass is 10.2. The van der Waals surface area contributed by atoms with Crippen molar-refractivity contribution in [1.82, 2.24) is 10.6 Å². The lowest BCUT2D eigenvalue weighted by Gasteiger charge is -2.19. The molecule has 2 rings (SSSR count). The van der Waals surface area contributed by atoms with Crippen LogP contribution >= 0.6 is 24.0 Å². The van der Waals surface area contributed by atoms with E-state index in [1.807, 2.05) is 38.1 Å². The summed E-state index contributed by atoms with van der Waals surface area (Å²) in [5.74, 6) is 1.67. The van der Waals surface area contributed by atoms with Crippen LogP contribution in [0.3, 0.4) is 0 Å². The summed E-state index contributed by atoms with van der Waals surface area (Å²) in [6.07, 6.45) is 0.0251. The van der Waals surface area contributed by atoms with E-state index < -0.39 is 0 Å². The zero-order chi connectivity index (χ0) is 20.2. The summed E-state index contributed by atoms with van der Waals surface area (Å²) in [5, 5.41) is 9.95. The Hall–Kier alpha value is -2.00. The number of aryl methyl sites for hydroxylation is 1. The van der Waals surface area contributed by atoms with Gasteiger partial charge in [0.2, 0.25) is 0 Å². The van der Waals surface area contributed by atoms with Gasteiger partial charge in [-0.3, -0.25) is 4.99 Å². The Morgan fingerprint density at radius 3 is 2.45 bits per heavy atom. The number of ether oxygens (including phenoxy) is 2. The maximum atomic E-state index is 6.00. The fourth-order valence-corrected chi connectivity index (χ4v) is 2.63. The summed E-state index contributed by atoms with van der Waals surface area (Å²) in [5.41, 5.74) is 3.41. The third kappa shape index (κ3) is 9.36. The number of halogens is 1. The number of nitrogens with zero attached hydrogens (tertiary/aromatic N) is 1. The first-order chi connectivity index (χ1) is 13.6. The number of hydrogen-bond donors (Lipinski definition) is 3. The first kappa shape index (κ1) is 25.0. The van der Waals surface area contributed by atoms with Crippen LogP contribution in [0.4, 0.5) is 5.69 Å². The summed E-state index contributed by atoms with van der Waals surface area (Å²) < 4.78 is 11.0. The normalized spacial score (nSPS) is 11.9. The monoisotopic (exact) mass is 512 g/mol. The van der Waals surface area contributed by atoms with Gasteiger partial charge in [-0.05, 0) is 43.2 Å². The highest BCUT2D eigenvalue weighted by molar-refractivity contribution is 14.0. The molecule has 7 heteroatoms. The number of rotatable bonds is 10. The van der Waals surface area contributed by atoms with Crippen LogP contribution in [-0.4, -0.2) is 45.9 Å². The number of benzene rings is 2. The van der Waals surface area contributed by atoms with Crippen LogP contribution in [0, 0.1) is 6.92 Å². The first-order valence-corrected chi connectivity index (χ1v) is 9.61. The molecule has 0 aliphatic carbocycles. The maximum absolute atomic E-state index is 6.00. The Morgan fingerprint density at radius 1 is 1.07 bits per heavy atom. The minimum atomic E-state index is 0. The molecule has 0 heterocycles. The number of methoxy groups -OCH3 is 1. The molecular formula is C22H33IN4O2. The minimum Gasteiger partial charge on any atom is -0.489 e. The van der Waals surface area contributed by atoms with Crippen LogP contribution in [0.5, 0.6) is 5.75 Å². The van der Waals surface area contributed by atoms with Gasteiger partial charge >= 0.3 is 0 Å². The molecule has 2 aromatic carbocycles. The van der Waals surface area contributed by atoms with Crippen molar-refractivity contribution in [1.29, 1.82) is 0 Å². The van der Waals surface area contributed by atoms with Gasteiger partial charge in [-0.15, -0.1) is 24.0 Å². The molecule has 0 spiro atoms. The Balaban J connectivity index is 0.00000420. The molecular weight excluding hydrogens is 479 g/mol. The van der Waals surface area contributed by atoms with Crippen molar-refractivity contribution in [2.75, 3.05) is 39.2 Å². The van der Waals surface area contributed by atoms with E-state index in [0.29, 0.717) is 19.7 Å². The smallest absolute Gasteiger partial charge is 0.191 e. The molecule has 1 atom stereocenters. The Kier molecular flexibility index (Phi) is 12.1. The van der Waals surface area contributed by atoms with Gasteiger partial charge in [0.25, 0.3) is 0 Å². The van der Waals surface area contributed by atoms with Crippen molar-refractivity contribution in [3.63, 3.8) is 0 Å². The minimum absolute atomic E-state index is 0. The second-order valence-electron chi connectivity index (χ2n) is 6.62. The molecule has 0 radical (unpaired) electrons. The molecule has 0 aliphatic rings. The number of anilines is 1. The number of para-hydroxylation sites is 1. The van der Waals surface area contributed by atoms with E-state index in [0.717, 1.165) is 29.5 Å². The summed E-state index contributed by atoms with van der Waals surface area (Å²) in [6, 6.07) is 16.4. The van der Waals surface area contributed by atoms with Gasteiger partial charge in [-0.1, -0.05) is 30.3 Å². The lowest BCUT2D eigenvalue weighted by Crippen LogP contribution is -2.41. The van der Waals surface area contributed by atoms with Crippen LogP contribution in [0.25, 0.3) is 0 Å².